The van der Waals surface area contributed by atoms with Crippen LogP contribution in [0.25, 0.3) is 0 Å². The Kier molecular flexibility index (Phi) is 7.42. The van der Waals surface area contributed by atoms with Crippen molar-refractivity contribution in [1.29, 1.82) is 0 Å². The smallest absolute Gasteiger partial charge is 0.272 e. The fourth-order valence-electron chi connectivity index (χ4n) is 2.42. The van der Waals surface area contributed by atoms with Crippen molar-refractivity contribution in [2.75, 3.05) is 7.11 Å². The van der Waals surface area contributed by atoms with Gasteiger partial charge in [0, 0.05) is 17.4 Å². The van der Waals surface area contributed by atoms with Gasteiger partial charge in [-0.25, -0.2) is 5.43 Å². The van der Waals surface area contributed by atoms with Gasteiger partial charge in [-0.15, -0.1) is 0 Å². The number of carbonyl (C=O) groups excluding carboxylic acids is 1. The number of nitrogens with zero attached hydrogens (tertiary/aromatic N) is 2. The van der Waals surface area contributed by atoms with E-state index >= 15 is 0 Å². The van der Waals surface area contributed by atoms with Gasteiger partial charge in [0.2, 0.25) is 0 Å². The van der Waals surface area contributed by atoms with E-state index in [0.29, 0.717) is 28.7 Å². The third-order valence-corrected chi connectivity index (χ3v) is 4.90. The average Bonchev–Trinajstić information content (AvgIpc) is 2.74. The molecule has 0 aliphatic rings. The third-order valence-electron chi connectivity index (χ3n) is 3.85. The maximum Gasteiger partial charge on any atom is 0.272 e. The molecule has 2 aromatic carbocycles. The summed E-state index contributed by atoms with van der Waals surface area (Å²) in [5.74, 6) is 0.879. The molecule has 1 heterocycles. The second-order valence-electron chi connectivity index (χ2n) is 5.89. The number of hydrogen-bond donors (Lipinski definition) is 1. The summed E-state index contributed by atoms with van der Waals surface area (Å²) in [5, 5.41) is 4.68. The molecule has 0 bridgehead atoms. The molecule has 0 aliphatic carbocycles. The van der Waals surface area contributed by atoms with Crippen LogP contribution >= 0.6 is 34.2 Å². The van der Waals surface area contributed by atoms with E-state index < -0.39 is 0 Å². The maximum atomic E-state index is 12.0. The van der Waals surface area contributed by atoms with Crippen LogP contribution in [0, 0.1) is 3.57 Å². The summed E-state index contributed by atoms with van der Waals surface area (Å²) in [4.78, 5) is 15.9. The van der Waals surface area contributed by atoms with Crippen molar-refractivity contribution < 1.29 is 14.3 Å². The number of halogens is 2. The summed E-state index contributed by atoms with van der Waals surface area (Å²) in [6.07, 6.45) is 4.62. The summed E-state index contributed by atoms with van der Waals surface area (Å²) in [5.41, 5.74) is 4.67. The Labute approximate surface area is 187 Å². The monoisotopic (exact) mass is 521 g/mol. The Morgan fingerprint density at radius 2 is 2.07 bits per heavy atom. The number of aromatic nitrogens is 1. The van der Waals surface area contributed by atoms with Gasteiger partial charge in [0.25, 0.3) is 5.91 Å². The number of carbonyl (C=O) groups is 1. The quantitative estimate of drug-likeness (QED) is 0.278. The maximum absolute atomic E-state index is 12.0. The second kappa shape index (κ2) is 10.2. The zero-order valence-electron chi connectivity index (χ0n) is 15.4. The van der Waals surface area contributed by atoms with Crippen LogP contribution in [0.2, 0.25) is 5.02 Å². The highest BCUT2D eigenvalue weighted by molar-refractivity contribution is 14.1. The molecule has 0 saturated heterocycles. The number of amides is 1. The standard InChI is InChI=1S/C21H17ClIN3O3/c1-28-19-10-15(11-25-26-21(27)16-3-2-8-24-12-16)9-18(23)20(19)29-13-14-4-6-17(22)7-5-14/h2-12H,13H2,1H3,(H,26,27)/b25-11-. The zero-order valence-corrected chi connectivity index (χ0v) is 18.3. The van der Waals surface area contributed by atoms with Crippen molar-refractivity contribution in [3.63, 3.8) is 0 Å². The first-order valence-corrected chi connectivity index (χ1v) is 10.0. The lowest BCUT2D eigenvalue weighted by Crippen LogP contribution is -2.17. The molecule has 1 N–H and O–H groups in total. The highest BCUT2D eigenvalue weighted by Crippen LogP contribution is 2.34. The van der Waals surface area contributed by atoms with Gasteiger partial charge < -0.3 is 9.47 Å². The molecule has 148 valence electrons. The number of benzene rings is 2. The van der Waals surface area contributed by atoms with Crippen LogP contribution in [0.4, 0.5) is 0 Å². The molecular weight excluding hydrogens is 505 g/mol. The Balaban J connectivity index is 1.68. The summed E-state index contributed by atoms with van der Waals surface area (Å²) in [6, 6.07) is 14.5. The first-order valence-electron chi connectivity index (χ1n) is 8.55. The van der Waals surface area contributed by atoms with Gasteiger partial charge in [-0.05, 0) is 70.1 Å². The Morgan fingerprint density at radius 3 is 2.76 bits per heavy atom. The number of ether oxygens (including phenoxy) is 2. The van der Waals surface area contributed by atoms with E-state index in [1.807, 2.05) is 30.3 Å². The Hall–Kier alpha value is -2.65. The van der Waals surface area contributed by atoms with Gasteiger partial charge in [0.1, 0.15) is 6.61 Å². The first kappa shape index (κ1) is 21.1. The first-order chi connectivity index (χ1) is 14.1. The van der Waals surface area contributed by atoms with Gasteiger partial charge >= 0.3 is 0 Å². The van der Waals surface area contributed by atoms with Gasteiger partial charge in [0.15, 0.2) is 11.5 Å². The van der Waals surface area contributed by atoms with Crippen LogP contribution in [0.5, 0.6) is 11.5 Å². The van der Waals surface area contributed by atoms with Crippen LogP contribution in [-0.4, -0.2) is 24.2 Å². The predicted molar refractivity (Wildman–Crippen MR) is 121 cm³/mol. The number of hydrazone groups is 1. The molecule has 0 atom stereocenters. The Bertz CT molecular complexity index is 1010. The van der Waals surface area contributed by atoms with Crippen molar-refractivity contribution in [2.24, 2.45) is 5.10 Å². The molecule has 1 amide bonds. The molecule has 1 aromatic heterocycles. The average molecular weight is 522 g/mol. The van der Waals surface area contributed by atoms with Gasteiger partial charge in [0.05, 0.1) is 22.5 Å². The van der Waals surface area contributed by atoms with E-state index in [2.05, 4.69) is 38.1 Å². The van der Waals surface area contributed by atoms with Crippen molar-refractivity contribution in [3.8, 4) is 11.5 Å². The molecule has 0 unspecified atom stereocenters. The lowest BCUT2D eigenvalue weighted by atomic mass is 10.2. The van der Waals surface area contributed by atoms with E-state index in [1.54, 1.807) is 37.7 Å². The van der Waals surface area contributed by atoms with Crippen molar-refractivity contribution in [2.45, 2.75) is 6.61 Å². The predicted octanol–water partition coefficient (Wildman–Crippen LogP) is 4.69. The highest BCUT2D eigenvalue weighted by atomic mass is 127. The summed E-state index contributed by atoms with van der Waals surface area (Å²) >= 11 is 8.09. The topological polar surface area (TPSA) is 72.8 Å². The van der Waals surface area contributed by atoms with Crippen molar-refractivity contribution in [1.82, 2.24) is 10.4 Å². The molecular formula is C21H17ClIN3O3. The van der Waals surface area contributed by atoms with Crippen LogP contribution in [0.15, 0.2) is 66.0 Å². The van der Waals surface area contributed by atoms with E-state index in [0.717, 1.165) is 14.7 Å². The van der Waals surface area contributed by atoms with E-state index in [9.17, 15) is 4.79 Å². The fourth-order valence-corrected chi connectivity index (χ4v) is 3.32. The van der Waals surface area contributed by atoms with Crippen LogP contribution in [0.1, 0.15) is 21.5 Å². The van der Waals surface area contributed by atoms with Crippen molar-refractivity contribution in [3.05, 3.63) is 86.2 Å². The summed E-state index contributed by atoms with van der Waals surface area (Å²) in [7, 11) is 1.58. The van der Waals surface area contributed by atoms with Crippen LogP contribution in [0.3, 0.4) is 0 Å². The molecule has 6 nitrogen and oxygen atoms in total. The van der Waals surface area contributed by atoms with E-state index in [1.165, 1.54) is 6.20 Å². The van der Waals surface area contributed by atoms with Crippen molar-refractivity contribution >= 4 is 46.3 Å². The number of nitrogens with one attached hydrogen (secondary N) is 1. The zero-order chi connectivity index (χ0) is 20.6. The van der Waals surface area contributed by atoms with Gasteiger partial charge in [-0.2, -0.15) is 5.10 Å². The molecule has 0 aliphatic heterocycles. The summed E-state index contributed by atoms with van der Waals surface area (Å²) < 4.78 is 12.3. The minimum absolute atomic E-state index is 0.334. The molecule has 0 spiro atoms. The van der Waals surface area contributed by atoms with Gasteiger partial charge in [-0.1, -0.05) is 23.7 Å². The number of pyridine rings is 1. The molecule has 29 heavy (non-hydrogen) atoms. The van der Waals surface area contributed by atoms with Crippen LogP contribution < -0.4 is 14.9 Å². The molecule has 0 saturated carbocycles. The minimum atomic E-state index is -0.334. The van der Waals surface area contributed by atoms with E-state index in [-0.39, 0.29) is 5.91 Å². The number of methoxy groups -OCH3 is 1. The largest absolute Gasteiger partial charge is 0.493 e. The van der Waals surface area contributed by atoms with Gasteiger partial charge in [-0.3, -0.25) is 9.78 Å². The van der Waals surface area contributed by atoms with Crippen LogP contribution in [-0.2, 0) is 6.61 Å². The van der Waals surface area contributed by atoms with E-state index in [4.69, 9.17) is 21.1 Å². The third kappa shape index (κ3) is 5.91. The normalized spacial score (nSPS) is 10.7. The highest BCUT2D eigenvalue weighted by Gasteiger charge is 2.12. The summed E-state index contributed by atoms with van der Waals surface area (Å²) in [6.45, 7) is 0.387. The minimum Gasteiger partial charge on any atom is -0.493 e. The number of rotatable bonds is 7. The lowest BCUT2D eigenvalue weighted by Gasteiger charge is -2.13. The molecule has 0 fully saturated rings. The molecule has 3 aromatic rings. The fraction of sp³-hybridized carbons (Fsp3) is 0.0952. The SMILES string of the molecule is COc1cc(/C=N\NC(=O)c2cccnc2)cc(I)c1OCc1ccc(Cl)cc1. The second-order valence-corrected chi connectivity index (χ2v) is 7.49. The number of hydrogen-bond acceptors (Lipinski definition) is 5. The Morgan fingerprint density at radius 1 is 1.28 bits per heavy atom. The lowest BCUT2D eigenvalue weighted by molar-refractivity contribution is 0.0955. The molecule has 8 heteroatoms. The molecule has 0 radical (unpaired) electrons. The molecule has 3 rings (SSSR count).